The van der Waals surface area contributed by atoms with Crippen molar-refractivity contribution in [3.63, 3.8) is 0 Å². The van der Waals surface area contributed by atoms with Crippen LogP contribution in [0.25, 0.3) is 6.08 Å². The molecule has 6 heteroatoms. The smallest absolute Gasteiger partial charge is 0.410 e. The Hall–Kier alpha value is -2.37. The van der Waals surface area contributed by atoms with Crippen LogP contribution in [0.15, 0.2) is 30.6 Å². The molecule has 0 bridgehead atoms. The highest BCUT2D eigenvalue weighted by molar-refractivity contribution is 5.91. The van der Waals surface area contributed by atoms with Gasteiger partial charge in [0.15, 0.2) is 0 Å². The molecular formula is C22H31N3O3. The van der Waals surface area contributed by atoms with Crippen LogP contribution in [0.1, 0.15) is 45.6 Å². The zero-order valence-corrected chi connectivity index (χ0v) is 17.1. The largest absolute Gasteiger partial charge is 0.444 e. The number of hydrogen-bond acceptors (Lipinski definition) is 4. The predicted molar refractivity (Wildman–Crippen MR) is 108 cm³/mol. The fraction of sp³-hybridized carbons (Fsp3) is 0.591. The first kappa shape index (κ1) is 20.4. The molecule has 3 rings (SSSR count). The Labute approximate surface area is 167 Å². The van der Waals surface area contributed by atoms with Gasteiger partial charge in [0.2, 0.25) is 5.91 Å². The molecule has 2 fully saturated rings. The maximum Gasteiger partial charge on any atom is 0.410 e. The SMILES string of the molecule is CC(C)(C)OC(=O)N1C[C@H]2CC(CCNC(=O)/C=C/c3cccnc3)C[C@@H]2C1. The van der Waals surface area contributed by atoms with Crippen LogP contribution in [0.2, 0.25) is 0 Å². The lowest BCUT2D eigenvalue weighted by atomic mass is 10.0. The van der Waals surface area contributed by atoms with Crippen LogP contribution >= 0.6 is 0 Å². The molecule has 2 aliphatic rings. The third-order valence-electron chi connectivity index (χ3n) is 5.46. The zero-order chi connectivity index (χ0) is 20.1. The molecule has 1 aromatic heterocycles. The van der Waals surface area contributed by atoms with Crippen molar-refractivity contribution in [3.8, 4) is 0 Å². The summed E-state index contributed by atoms with van der Waals surface area (Å²) in [5.74, 6) is 1.69. The molecule has 0 radical (unpaired) electrons. The summed E-state index contributed by atoms with van der Waals surface area (Å²) in [5.41, 5.74) is 0.469. The van der Waals surface area contributed by atoms with Crippen molar-refractivity contribution in [3.05, 3.63) is 36.2 Å². The van der Waals surface area contributed by atoms with E-state index in [2.05, 4.69) is 10.3 Å². The minimum absolute atomic E-state index is 0.0712. The Morgan fingerprint density at radius 1 is 1.29 bits per heavy atom. The maximum absolute atomic E-state index is 12.2. The highest BCUT2D eigenvalue weighted by Crippen LogP contribution is 2.43. The molecule has 1 aliphatic heterocycles. The topological polar surface area (TPSA) is 71.5 Å². The fourth-order valence-corrected chi connectivity index (χ4v) is 4.24. The lowest BCUT2D eigenvalue weighted by Gasteiger charge is -2.25. The second-order valence-corrected chi connectivity index (χ2v) is 8.94. The van der Waals surface area contributed by atoms with Gasteiger partial charge in [0.1, 0.15) is 5.60 Å². The highest BCUT2D eigenvalue weighted by atomic mass is 16.6. The second-order valence-electron chi connectivity index (χ2n) is 8.94. The number of likely N-dealkylation sites (tertiary alicyclic amines) is 1. The number of pyridine rings is 1. The standard InChI is InChI=1S/C22H31N3O3/c1-22(2,3)28-21(27)25-14-18-11-17(12-19(18)15-25)8-10-24-20(26)7-6-16-5-4-9-23-13-16/h4-7,9,13,17-19H,8,10-12,14-15H2,1-3H3,(H,24,26)/b7-6+/t18-,19-/m1/s1. The van der Waals surface area contributed by atoms with Crippen molar-refractivity contribution in [2.75, 3.05) is 19.6 Å². The molecule has 1 N–H and O–H groups in total. The summed E-state index contributed by atoms with van der Waals surface area (Å²) in [7, 11) is 0. The Kier molecular flexibility index (Phi) is 6.37. The van der Waals surface area contributed by atoms with Crippen molar-refractivity contribution >= 4 is 18.1 Å². The summed E-state index contributed by atoms with van der Waals surface area (Å²) < 4.78 is 5.49. The lowest BCUT2D eigenvalue weighted by molar-refractivity contribution is -0.116. The van der Waals surface area contributed by atoms with Crippen molar-refractivity contribution in [2.24, 2.45) is 17.8 Å². The summed E-state index contributed by atoms with van der Waals surface area (Å²) in [4.78, 5) is 30.1. The first-order valence-electron chi connectivity index (χ1n) is 10.1. The molecule has 1 aromatic rings. The Morgan fingerprint density at radius 3 is 2.61 bits per heavy atom. The Balaban J connectivity index is 1.35. The van der Waals surface area contributed by atoms with Gasteiger partial charge in [-0.25, -0.2) is 4.79 Å². The Morgan fingerprint density at radius 2 is 2.00 bits per heavy atom. The molecule has 1 saturated carbocycles. The average molecular weight is 386 g/mol. The van der Waals surface area contributed by atoms with E-state index in [9.17, 15) is 9.59 Å². The molecule has 2 amide bonds. The lowest BCUT2D eigenvalue weighted by Crippen LogP contribution is -2.36. The molecule has 1 aliphatic carbocycles. The van der Waals surface area contributed by atoms with Gasteiger partial charge in [-0.1, -0.05) is 6.07 Å². The molecule has 6 nitrogen and oxygen atoms in total. The van der Waals surface area contributed by atoms with E-state index in [0.29, 0.717) is 24.3 Å². The van der Waals surface area contributed by atoms with Crippen LogP contribution in [-0.2, 0) is 9.53 Å². The summed E-state index contributed by atoms with van der Waals surface area (Å²) in [5, 5.41) is 2.97. The summed E-state index contributed by atoms with van der Waals surface area (Å²) in [6.45, 7) is 8.00. The molecule has 2 heterocycles. The van der Waals surface area contributed by atoms with Gasteiger partial charge in [-0.05, 0) is 75.5 Å². The van der Waals surface area contributed by atoms with Gasteiger partial charge in [0, 0.05) is 38.1 Å². The van der Waals surface area contributed by atoms with Gasteiger partial charge in [0.05, 0.1) is 0 Å². The number of carbonyl (C=O) groups excluding carboxylic acids is 2. The number of aromatic nitrogens is 1. The van der Waals surface area contributed by atoms with Crippen LogP contribution in [0.4, 0.5) is 4.79 Å². The molecule has 1 saturated heterocycles. The van der Waals surface area contributed by atoms with E-state index in [1.165, 1.54) is 0 Å². The van der Waals surface area contributed by atoms with Gasteiger partial charge < -0.3 is 15.0 Å². The molecule has 0 spiro atoms. The molecular weight excluding hydrogens is 354 g/mol. The normalized spacial score (nSPS) is 22.5. The highest BCUT2D eigenvalue weighted by Gasteiger charge is 2.43. The van der Waals surface area contributed by atoms with E-state index in [-0.39, 0.29) is 12.0 Å². The summed E-state index contributed by atoms with van der Waals surface area (Å²) in [6, 6.07) is 3.76. The van der Waals surface area contributed by atoms with E-state index < -0.39 is 5.60 Å². The fourth-order valence-electron chi connectivity index (χ4n) is 4.24. The van der Waals surface area contributed by atoms with Crippen LogP contribution in [-0.4, -0.2) is 47.1 Å². The van der Waals surface area contributed by atoms with Gasteiger partial charge in [-0.2, -0.15) is 0 Å². The molecule has 2 atom stereocenters. The van der Waals surface area contributed by atoms with Gasteiger partial charge in [0.25, 0.3) is 0 Å². The molecule has 28 heavy (non-hydrogen) atoms. The van der Waals surface area contributed by atoms with Crippen LogP contribution in [0.3, 0.4) is 0 Å². The van der Waals surface area contributed by atoms with Crippen molar-refractivity contribution in [2.45, 2.75) is 45.6 Å². The number of carbonyl (C=O) groups is 2. The number of rotatable bonds is 5. The minimum atomic E-state index is -0.443. The van der Waals surface area contributed by atoms with Crippen LogP contribution in [0.5, 0.6) is 0 Å². The first-order valence-corrected chi connectivity index (χ1v) is 10.1. The van der Waals surface area contributed by atoms with Gasteiger partial charge >= 0.3 is 6.09 Å². The molecule has 0 unspecified atom stereocenters. The van der Waals surface area contributed by atoms with E-state index >= 15 is 0 Å². The Bertz CT molecular complexity index is 697. The van der Waals surface area contributed by atoms with Gasteiger partial charge in [-0.3, -0.25) is 9.78 Å². The summed E-state index contributed by atoms with van der Waals surface area (Å²) in [6.07, 6.45) is 9.82. The summed E-state index contributed by atoms with van der Waals surface area (Å²) >= 11 is 0. The molecule has 0 aromatic carbocycles. The molecule has 152 valence electrons. The third-order valence-corrected chi connectivity index (χ3v) is 5.46. The minimum Gasteiger partial charge on any atom is -0.444 e. The number of nitrogens with one attached hydrogen (secondary N) is 1. The van der Waals surface area contributed by atoms with Crippen molar-refractivity contribution in [1.29, 1.82) is 0 Å². The maximum atomic E-state index is 12.2. The number of amides is 2. The zero-order valence-electron chi connectivity index (χ0n) is 17.1. The first-order chi connectivity index (χ1) is 13.3. The van der Waals surface area contributed by atoms with E-state index in [1.807, 2.05) is 37.8 Å². The second kappa shape index (κ2) is 8.76. The third kappa shape index (κ3) is 5.81. The number of fused-ring (bicyclic) bond motifs is 1. The number of hydrogen-bond donors (Lipinski definition) is 1. The quantitative estimate of drug-likeness (QED) is 0.788. The average Bonchev–Trinajstić information content (AvgIpc) is 3.18. The van der Waals surface area contributed by atoms with E-state index in [4.69, 9.17) is 4.74 Å². The van der Waals surface area contributed by atoms with Gasteiger partial charge in [-0.15, -0.1) is 0 Å². The van der Waals surface area contributed by atoms with Crippen LogP contribution in [0, 0.1) is 17.8 Å². The van der Waals surface area contributed by atoms with Crippen molar-refractivity contribution in [1.82, 2.24) is 15.2 Å². The predicted octanol–water partition coefficient (Wildman–Crippen LogP) is 3.49. The van der Waals surface area contributed by atoms with Crippen LogP contribution < -0.4 is 5.32 Å². The van der Waals surface area contributed by atoms with Crippen molar-refractivity contribution < 1.29 is 14.3 Å². The number of nitrogens with zero attached hydrogens (tertiary/aromatic N) is 2. The monoisotopic (exact) mass is 385 g/mol. The van der Waals surface area contributed by atoms with E-state index in [1.54, 1.807) is 24.5 Å². The number of ether oxygens (including phenoxy) is 1. The van der Waals surface area contributed by atoms with E-state index in [0.717, 1.165) is 37.9 Å².